The van der Waals surface area contributed by atoms with Crippen molar-refractivity contribution in [3.05, 3.63) is 29.3 Å². The van der Waals surface area contributed by atoms with Crippen LogP contribution in [-0.4, -0.2) is 12.9 Å². The zero-order valence-electron chi connectivity index (χ0n) is 8.21. The Balaban J connectivity index is 2.38. The molecular formula is C11H14N2O. The number of amidine groups is 1. The molecule has 1 atom stereocenters. The standard InChI is InChI=1S/C11H14N2O/c1-14-8-3-5-9-7(6-8)2-4-10(9)11(12)13/h3,5-6,10H,2,4H2,1H3,(H3,12,13). The molecule has 0 fully saturated rings. The molecule has 74 valence electrons. The lowest BCUT2D eigenvalue weighted by Crippen LogP contribution is -2.18. The maximum absolute atomic E-state index is 7.47. The van der Waals surface area contributed by atoms with Crippen molar-refractivity contribution in [3.63, 3.8) is 0 Å². The first kappa shape index (κ1) is 9.06. The second-order valence-corrected chi connectivity index (χ2v) is 3.61. The maximum Gasteiger partial charge on any atom is 0.119 e. The van der Waals surface area contributed by atoms with Crippen LogP contribution in [0.25, 0.3) is 0 Å². The van der Waals surface area contributed by atoms with E-state index >= 15 is 0 Å². The van der Waals surface area contributed by atoms with Gasteiger partial charge in [-0.05, 0) is 36.1 Å². The summed E-state index contributed by atoms with van der Waals surface area (Å²) in [5.41, 5.74) is 8.00. The van der Waals surface area contributed by atoms with E-state index in [4.69, 9.17) is 15.9 Å². The van der Waals surface area contributed by atoms with Crippen molar-refractivity contribution in [2.45, 2.75) is 18.8 Å². The first-order valence-corrected chi connectivity index (χ1v) is 4.73. The molecule has 0 spiro atoms. The van der Waals surface area contributed by atoms with E-state index in [1.807, 2.05) is 18.2 Å². The van der Waals surface area contributed by atoms with Gasteiger partial charge < -0.3 is 10.5 Å². The minimum absolute atomic E-state index is 0.121. The summed E-state index contributed by atoms with van der Waals surface area (Å²) in [6.45, 7) is 0. The Morgan fingerprint density at radius 3 is 3.00 bits per heavy atom. The Labute approximate surface area is 83.4 Å². The molecule has 1 aliphatic rings. The summed E-state index contributed by atoms with van der Waals surface area (Å²) in [5.74, 6) is 1.28. The van der Waals surface area contributed by atoms with Crippen molar-refractivity contribution in [2.75, 3.05) is 7.11 Å². The number of ether oxygens (including phenoxy) is 1. The second-order valence-electron chi connectivity index (χ2n) is 3.61. The van der Waals surface area contributed by atoms with Gasteiger partial charge in [-0.15, -0.1) is 0 Å². The van der Waals surface area contributed by atoms with Crippen molar-refractivity contribution >= 4 is 5.84 Å². The van der Waals surface area contributed by atoms with E-state index < -0.39 is 0 Å². The molecule has 0 aliphatic heterocycles. The van der Waals surface area contributed by atoms with Gasteiger partial charge in [0.25, 0.3) is 0 Å². The van der Waals surface area contributed by atoms with Crippen LogP contribution in [0.4, 0.5) is 0 Å². The van der Waals surface area contributed by atoms with E-state index in [0.717, 1.165) is 18.6 Å². The molecule has 1 aromatic carbocycles. The number of methoxy groups -OCH3 is 1. The molecule has 14 heavy (non-hydrogen) atoms. The van der Waals surface area contributed by atoms with Gasteiger partial charge in [0, 0.05) is 5.92 Å². The molecule has 0 saturated carbocycles. The summed E-state index contributed by atoms with van der Waals surface area (Å²) in [5, 5.41) is 7.47. The molecule has 0 radical (unpaired) electrons. The Hall–Kier alpha value is -1.51. The fourth-order valence-corrected chi connectivity index (χ4v) is 2.04. The molecule has 1 aromatic rings. The van der Waals surface area contributed by atoms with Crippen LogP contribution >= 0.6 is 0 Å². The van der Waals surface area contributed by atoms with Gasteiger partial charge in [-0.2, -0.15) is 0 Å². The number of aryl methyl sites for hydroxylation is 1. The molecule has 3 nitrogen and oxygen atoms in total. The number of fused-ring (bicyclic) bond motifs is 1. The van der Waals surface area contributed by atoms with E-state index in [0.29, 0.717) is 0 Å². The van der Waals surface area contributed by atoms with Crippen molar-refractivity contribution in [3.8, 4) is 5.75 Å². The smallest absolute Gasteiger partial charge is 0.119 e. The summed E-state index contributed by atoms with van der Waals surface area (Å²) in [6.07, 6.45) is 1.95. The third-order valence-corrected chi connectivity index (χ3v) is 2.80. The van der Waals surface area contributed by atoms with Gasteiger partial charge in [-0.1, -0.05) is 6.07 Å². The van der Waals surface area contributed by atoms with Gasteiger partial charge in [0.2, 0.25) is 0 Å². The number of nitrogens with one attached hydrogen (secondary N) is 1. The van der Waals surface area contributed by atoms with Crippen LogP contribution in [0.15, 0.2) is 18.2 Å². The van der Waals surface area contributed by atoms with Gasteiger partial charge in [0.15, 0.2) is 0 Å². The van der Waals surface area contributed by atoms with Crippen LogP contribution in [0.5, 0.6) is 5.75 Å². The Morgan fingerprint density at radius 2 is 2.36 bits per heavy atom. The fraction of sp³-hybridized carbons (Fsp3) is 0.364. The molecule has 0 bridgehead atoms. The molecule has 1 aliphatic carbocycles. The highest BCUT2D eigenvalue weighted by Gasteiger charge is 2.24. The van der Waals surface area contributed by atoms with Crippen LogP contribution in [0.1, 0.15) is 23.5 Å². The van der Waals surface area contributed by atoms with E-state index in [2.05, 4.69) is 0 Å². The largest absolute Gasteiger partial charge is 0.497 e. The van der Waals surface area contributed by atoms with Crippen LogP contribution in [-0.2, 0) is 6.42 Å². The van der Waals surface area contributed by atoms with Crippen LogP contribution < -0.4 is 10.5 Å². The lowest BCUT2D eigenvalue weighted by atomic mass is 10.0. The highest BCUT2D eigenvalue weighted by Crippen LogP contribution is 2.34. The van der Waals surface area contributed by atoms with E-state index in [9.17, 15) is 0 Å². The number of benzene rings is 1. The third kappa shape index (κ3) is 1.35. The predicted molar refractivity (Wildman–Crippen MR) is 56.0 cm³/mol. The monoisotopic (exact) mass is 190 g/mol. The third-order valence-electron chi connectivity index (χ3n) is 2.80. The molecule has 0 amide bonds. The average molecular weight is 190 g/mol. The summed E-state index contributed by atoms with van der Waals surface area (Å²) in [4.78, 5) is 0. The second kappa shape index (κ2) is 3.33. The molecule has 0 heterocycles. The maximum atomic E-state index is 7.47. The molecule has 3 N–H and O–H groups in total. The van der Waals surface area contributed by atoms with Gasteiger partial charge in [-0.3, -0.25) is 5.41 Å². The normalized spacial score (nSPS) is 19.1. The van der Waals surface area contributed by atoms with E-state index in [1.54, 1.807) is 7.11 Å². The molecule has 2 rings (SSSR count). The van der Waals surface area contributed by atoms with Crippen molar-refractivity contribution < 1.29 is 4.74 Å². The molecule has 0 saturated heterocycles. The van der Waals surface area contributed by atoms with Gasteiger partial charge in [0.1, 0.15) is 5.75 Å². The number of nitrogens with two attached hydrogens (primary N) is 1. The molecule has 0 aromatic heterocycles. The SMILES string of the molecule is COc1ccc2c(c1)CCC2C(=N)N. The Kier molecular flexibility index (Phi) is 2.15. The summed E-state index contributed by atoms with van der Waals surface area (Å²) < 4.78 is 5.15. The first-order valence-electron chi connectivity index (χ1n) is 4.73. The lowest BCUT2D eigenvalue weighted by molar-refractivity contribution is 0.414. The summed E-state index contributed by atoms with van der Waals surface area (Å²) in [6, 6.07) is 5.99. The number of hydrogen-bond acceptors (Lipinski definition) is 2. The minimum atomic E-state index is 0.121. The number of hydrogen-bond donors (Lipinski definition) is 2. The Bertz CT molecular complexity index is 374. The van der Waals surface area contributed by atoms with Gasteiger partial charge in [0.05, 0.1) is 12.9 Å². The van der Waals surface area contributed by atoms with Crippen LogP contribution in [0.3, 0.4) is 0 Å². The van der Waals surface area contributed by atoms with Crippen molar-refractivity contribution in [1.29, 1.82) is 5.41 Å². The lowest BCUT2D eigenvalue weighted by Gasteiger charge is -2.09. The summed E-state index contributed by atoms with van der Waals surface area (Å²) >= 11 is 0. The Morgan fingerprint density at radius 1 is 1.57 bits per heavy atom. The zero-order chi connectivity index (χ0) is 10.1. The highest BCUT2D eigenvalue weighted by molar-refractivity contribution is 5.85. The van der Waals surface area contributed by atoms with Gasteiger partial charge >= 0.3 is 0 Å². The zero-order valence-corrected chi connectivity index (χ0v) is 8.21. The molecule has 1 unspecified atom stereocenters. The highest BCUT2D eigenvalue weighted by atomic mass is 16.5. The molecular weight excluding hydrogens is 176 g/mol. The fourth-order valence-electron chi connectivity index (χ4n) is 2.04. The van der Waals surface area contributed by atoms with E-state index in [1.165, 1.54) is 11.1 Å². The van der Waals surface area contributed by atoms with E-state index in [-0.39, 0.29) is 11.8 Å². The van der Waals surface area contributed by atoms with Crippen LogP contribution in [0, 0.1) is 5.41 Å². The minimum Gasteiger partial charge on any atom is -0.497 e. The topological polar surface area (TPSA) is 59.1 Å². The number of rotatable bonds is 2. The first-order chi connectivity index (χ1) is 6.72. The summed E-state index contributed by atoms with van der Waals surface area (Å²) in [7, 11) is 1.67. The average Bonchev–Trinajstić information content (AvgIpc) is 2.59. The van der Waals surface area contributed by atoms with Gasteiger partial charge in [-0.25, -0.2) is 0 Å². The quantitative estimate of drug-likeness (QED) is 0.550. The van der Waals surface area contributed by atoms with Crippen molar-refractivity contribution in [1.82, 2.24) is 0 Å². The van der Waals surface area contributed by atoms with Crippen LogP contribution in [0.2, 0.25) is 0 Å². The van der Waals surface area contributed by atoms with Crippen molar-refractivity contribution in [2.24, 2.45) is 5.73 Å². The predicted octanol–water partition coefficient (Wildman–Crippen LogP) is 1.66. The molecule has 3 heteroatoms.